The molecule has 7 nitrogen and oxygen atoms in total. The SMILES string of the molecule is O=[N+]([O-])c1cc([N+](=O)[O-])c(Br)o1. The second kappa shape index (κ2) is 2.89. The average molecular weight is 237 g/mol. The molecule has 1 heterocycles. The Morgan fingerprint density at radius 3 is 2.17 bits per heavy atom. The molecular formula is C4HBrN2O5. The van der Waals surface area contributed by atoms with Crippen LogP contribution in [0.3, 0.4) is 0 Å². The van der Waals surface area contributed by atoms with Crippen LogP contribution >= 0.6 is 15.9 Å². The van der Waals surface area contributed by atoms with Crippen molar-refractivity contribution in [2.45, 2.75) is 0 Å². The number of rotatable bonds is 2. The lowest BCUT2D eigenvalue weighted by Crippen LogP contribution is -1.85. The van der Waals surface area contributed by atoms with Crippen molar-refractivity contribution in [2.24, 2.45) is 0 Å². The van der Waals surface area contributed by atoms with Crippen molar-refractivity contribution >= 4 is 27.5 Å². The average Bonchev–Trinajstić information content (AvgIpc) is 2.30. The largest absolute Gasteiger partial charge is 0.441 e. The predicted molar refractivity (Wildman–Crippen MR) is 39.7 cm³/mol. The maximum Gasteiger partial charge on any atom is 0.441 e. The van der Waals surface area contributed by atoms with Crippen molar-refractivity contribution in [3.05, 3.63) is 31.0 Å². The zero-order valence-electron chi connectivity index (χ0n) is 5.39. The molecule has 0 atom stereocenters. The number of furan rings is 1. The van der Waals surface area contributed by atoms with Crippen LogP contribution in [0.25, 0.3) is 0 Å². The summed E-state index contributed by atoms with van der Waals surface area (Å²) in [6.45, 7) is 0. The second-order valence-corrected chi connectivity index (χ2v) is 2.48. The first kappa shape index (κ1) is 8.65. The van der Waals surface area contributed by atoms with Crippen LogP contribution in [-0.2, 0) is 0 Å². The Morgan fingerprint density at radius 2 is 1.92 bits per heavy atom. The summed E-state index contributed by atoms with van der Waals surface area (Å²) < 4.78 is 4.16. The Kier molecular flexibility index (Phi) is 2.09. The van der Waals surface area contributed by atoms with E-state index in [0.717, 1.165) is 6.07 Å². The highest BCUT2D eigenvalue weighted by atomic mass is 79.9. The molecular weight excluding hydrogens is 236 g/mol. The third-order valence-electron chi connectivity index (χ3n) is 1.03. The lowest BCUT2D eigenvalue weighted by molar-refractivity contribution is -0.402. The first-order valence-electron chi connectivity index (χ1n) is 2.60. The van der Waals surface area contributed by atoms with Crippen LogP contribution in [0.2, 0.25) is 0 Å². The highest BCUT2D eigenvalue weighted by Gasteiger charge is 2.24. The molecule has 0 saturated heterocycles. The van der Waals surface area contributed by atoms with Gasteiger partial charge in [0.15, 0.2) is 0 Å². The Labute approximate surface area is 73.4 Å². The maximum absolute atomic E-state index is 10.2. The molecule has 0 saturated carbocycles. The first-order valence-corrected chi connectivity index (χ1v) is 3.40. The van der Waals surface area contributed by atoms with E-state index in [1.807, 2.05) is 0 Å². The molecule has 0 bridgehead atoms. The third-order valence-corrected chi connectivity index (χ3v) is 1.60. The van der Waals surface area contributed by atoms with E-state index in [1.54, 1.807) is 0 Å². The van der Waals surface area contributed by atoms with Gasteiger partial charge in [0.2, 0.25) is 0 Å². The van der Waals surface area contributed by atoms with E-state index in [9.17, 15) is 20.2 Å². The highest BCUT2D eigenvalue weighted by molar-refractivity contribution is 9.10. The molecule has 1 aromatic heterocycles. The quantitative estimate of drug-likeness (QED) is 0.577. The fourth-order valence-electron chi connectivity index (χ4n) is 0.562. The number of nitrogens with zero attached hydrogens (tertiary/aromatic N) is 2. The Hall–Kier alpha value is -1.44. The molecule has 0 aliphatic carbocycles. The maximum atomic E-state index is 10.2. The lowest BCUT2D eigenvalue weighted by Gasteiger charge is -1.80. The summed E-state index contributed by atoms with van der Waals surface area (Å²) in [5.74, 6) is -0.659. The third kappa shape index (κ3) is 1.42. The minimum atomic E-state index is -0.849. The number of nitro groups is 2. The molecule has 12 heavy (non-hydrogen) atoms. The van der Waals surface area contributed by atoms with Crippen LogP contribution in [0, 0.1) is 20.2 Å². The molecule has 64 valence electrons. The topological polar surface area (TPSA) is 99.4 Å². The minimum absolute atomic E-state index is 0.251. The van der Waals surface area contributed by atoms with E-state index >= 15 is 0 Å². The van der Waals surface area contributed by atoms with Crippen LogP contribution in [0.4, 0.5) is 11.6 Å². The smallest absolute Gasteiger partial charge is 0.386 e. The summed E-state index contributed by atoms with van der Waals surface area (Å²) >= 11 is 2.67. The normalized spacial score (nSPS) is 9.75. The van der Waals surface area contributed by atoms with Crippen molar-refractivity contribution < 1.29 is 14.3 Å². The van der Waals surface area contributed by atoms with E-state index in [4.69, 9.17) is 0 Å². The van der Waals surface area contributed by atoms with Gasteiger partial charge in [-0.05, 0) is 15.9 Å². The van der Waals surface area contributed by atoms with Gasteiger partial charge in [-0.1, -0.05) is 0 Å². The first-order chi connectivity index (χ1) is 5.52. The summed E-state index contributed by atoms with van der Waals surface area (Å²) in [5.41, 5.74) is -0.457. The number of halogens is 1. The van der Waals surface area contributed by atoms with Gasteiger partial charge in [-0.3, -0.25) is 20.2 Å². The van der Waals surface area contributed by atoms with Gasteiger partial charge in [0.05, 0.1) is 4.92 Å². The van der Waals surface area contributed by atoms with Crippen molar-refractivity contribution in [1.29, 1.82) is 0 Å². The van der Waals surface area contributed by atoms with Crippen LogP contribution in [0.15, 0.2) is 15.2 Å². The molecule has 0 fully saturated rings. The molecule has 0 aromatic carbocycles. The zero-order chi connectivity index (χ0) is 9.30. The molecule has 0 aliphatic heterocycles. The molecule has 1 rings (SSSR count). The van der Waals surface area contributed by atoms with E-state index in [0.29, 0.717) is 0 Å². The molecule has 1 aromatic rings. The predicted octanol–water partition coefficient (Wildman–Crippen LogP) is 1.86. The van der Waals surface area contributed by atoms with E-state index < -0.39 is 21.4 Å². The van der Waals surface area contributed by atoms with Gasteiger partial charge >= 0.3 is 11.6 Å². The molecule has 0 aliphatic rings. The van der Waals surface area contributed by atoms with Gasteiger partial charge in [-0.25, -0.2) is 0 Å². The fraction of sp³-hybridized carbons (Fsp3) is 0. The van der Waals surface area contributed by atoms with Crippen molar-refractivity contribution in [2.75, 3.05) is 0 Å². The van der Waals surface area contributed by atoms with E-state index in [2.05, 4.69) is 20.3 Å². The van der Waals surface area contributed by atoms with Crippen LogP contribution in [0.1, 0.15) is 0 Å². The van der Waals surface area contributed by atoms with Gasteiger partial charge in [0, 0.05) is 0 Å². The fourth-order valence-corrected chi connectivity index (χ4v) is 0.987. The Balaban J connectivity index is 3.17. The standard InChI is InChI=1S/C4HBrN2O5/c5-4-2(6(8)9)1-3(12-4)7(10)11/h1H. The van der Waals surface area contributed by atoms with Gasteiger partial charge in [0.1, 0.15) is 11.0 Å². The molecule has 0 N–H and O–H groups in total. The molecule has 0 radical (unpaired) electrons. The van der Waals surface area contributed by atoms with Crippen molar-refractivity contribution in [3.63, 3.8) is 0 Å². The Bertz CT molecular complexity index is 345. The molecule has 0 spiro atoms. The van der Waals surface area contributed by atoms with Gasteiger partial charge in [-0.2, -0.15) is 0 Å². The van der Waals surface area contributed by atoms with Crippen LogP contribution in [0.5, 0.6) is 0 Å². The zero-order valence-corrected chi connectivity index (χ0v) is 6.98. The van der Waals surface area contributed by atoms with Crippen LogP contribution < -0.4 is 0 Å². The van der Waals surface area contributed by atoms with Gasteiger partial charge in [0.25, 0.3) is 4.67 Å². The van der Waals surface area contributed by atoms with E-state index in [-0.39, 0.29) is 4.67 Å². The van der Waals surface area contributed by atoms with Gasteiger partial charge in [-0.15, -0.1) is 0 Å². The number of hydrogen-bond acceptors (Lipinski definition) is 5. The summed E-state index contributed by atoms with van der Waals surface area (Å²) in [4.78, 5) is 18.6. The minimum Gasteiger partial charge on any atom is -0.386 e. The Morgan fingerprint density at radius 1 is 1.33 bits per heavy atom. The van der Waals surface area contributed by atoms with Gasteiger partial charge < -0.3 is 4.42 Å². The summed E-state index contributed by atoms with van der Waals surface area (Å²) in [6.07, 6.45) is 0. The summed E-state index contributed by atoms with van der Waals surface area (Å²) in [7, 11) is 0. The highest BCUT2D eigenvalue weighted by Crippen LogP contribution is 2.32. The van der Waals surface area contributed by atoms with Crippen LogP contribution in [-0.4, -0.2) is 9.85 Å². The number of hydrogen-bond donors (Lipinski definition) is 0. The lowest BCUT2D eigenvalue weighted by atomic mass is 10.5. The molecule has 8 heteroatoms. The summed E-state index contributed by atoms with van der Waals surface area (Å²) in [5, 5.41) is 20.2. The van der Waals surface area contributed by atoms with Crippen molar-refractivity contribution in [1.82, 2.24) is 0 Å². The monoisotopic (exact) mass is 236 g/mol. The molecule has 0 amide bonds. The summed E-state index contributed by atoms with van der Waals surface area (Å²) in [6, 6.07) is 0.740. The molecule has 0 unspecified atom stereocenters. The second-order valence-electron chi connectivity index (χ2n) is 1.76. The van der Waals surface area contributed by atoms with Crippen molar-refractivity contribution in [3.8, 4) is 0 Å². The van der Waals surface area contributed by atoms with E-state index in [1.165, 1.54) is 0 Å².